The Hall–Kier alpha value is -1.11. The Bertz CT molecular complexity index is 529. The first-order chi connectivity index (χ1) is 9.09. The zero-order chi connectivity index (χ0) is 13.9. The molecule has 0 amide bonds. The average Bonchev–Trinajstić information content (AvgIpc) is 2.88. The predicted octanol–water partition coefficient (Wildman–Crippen LogP) is 1.09. The van der Waals surface area contributed by atoms with Gasteiger partial charge in [0.15, 0.2) is 0 Å². The first kappa shape index (κ1) is 14.3. The lowest BCUT2D eigenvalue weighted by Crippen LogP contribution is -2.29. The second kappa shape index (κ2) is 5.90. The third kappa shape index (κ3) is 2.91. The summed E-state index contributed by atoms with van der Waals surface area (Å²) in [6.07, 6.45) is 1.45. The van der Waals surface area contributed by atoms with Crippen molar-refractivity contribution in [2.24, 2.45) is 5.92 Å². The molecule has 0 radical (unpaired) electrons. The number of nitrogens with zero attached hydrogens (tertiary/aromatic N) is 1. The van der Waals surface area contributed by atoms with E-state index in [1.807, 2.05) is 0 Å². The van der Waals surface area contributed by atoms with Gasteiger partial charge in [-0.05, 0) is 30.9 Å². The van der Waals surface area contributed by atoms with Crippen LogP contribution in [0.25, 0.3) is 0 Å². The number of rotatable bonds is 5. The van der Waals surface area contributed by atoms with Gasteiger partial charge in [-0.2, -0.15) is 4.31 Å². The quantitative estimate of drug-likeness (QED) is 0.879. The second-order valence-corrected chi connectivity index (χ2v) is 6.59. The lowest BCUT2D eigenvalue weighted by atomic mass is 10.1. The van der Waals surface area contributed by atoms with Crippen LogP contribution in [0.3, 0.4) is 0 Å². The maximum atomic E-state index is 12.5. The first-order valence-corrected chi connectivity index (χ1v) is 7.77. The number of methoxy groups -OCH3 is 1. The minimum atomic E-state index is -3.51. The van der Waals surface area contributed by atoms with Crippen molar-refractivity contribution in [3.05, 3.63) is 24.3 Å². The van der Waals surface area contributed by atoms with Crippen molar-refractivity contribution in [1.29, 1.82) is 0 Å². The summed E-state index contributed by atoms with van der Waals surface area (Å²) in [6.45, 7) is 1.08. The van der Waals surface area contributed by atoms with E-state index >= 15 is 0 Å². The van der Waals surface area contributed by atoms with E-state index in [0.717, 1.165) is 6.42 Å². The molecule has 1 saturated heterocycles. The highest BCUT2D eigenvalue weighted by Gasteiger charge is 2.33. The number of ether oxygens (including phenoxy) is 1. The van der Waals surface area contributed by atoms with Crippen molar-refractivity contribution in [1.82, 2.24) is 4.31 Å². The topological polar surface area (TPSA) is 66.8 Å². The fourth-order valence-electron chi connectivity index (χ4n) is 2.40. The predicted molar refractivity (Wildman–Crippen MR) is 71.6 cm³/mol. The minimum absolute atomic E-state index is 0.104. The molecule has 6 heteroatoms. The van der Waals surface area contributed by atoms with E-state index < -0.39 is 10.0 Å². The van der Waals surface area contributed by atoms with E-state index in [2.05, 4.69) is 0 Å². The molecule has 1 N–H and O–H groups in total. The van der Waals surface area contributed by atoms with Crippen LogP contribution in [0.15, 0.2) is 29.2 Å². The van der Waals surface area contributed by atoms with Gasteiger partial charge < -0.3 is 9.84 Å². The molecule has 0 bridgehead atoms. The molecule has 106 valence electrons. The number of para-hydroxylation sites is 1. The molecule has 5 nitrogen and oxygen atoms in total. The Kier molecular flexibility index (Phi) is 4.44. The molecule has 1 fully saturated rings. The van der Waals surface area contributed by atoms with Gasteiger partial charge in [0.2, 0.25) is 10.0 Å². The SMILES string of the molecule is COc1ccccc1S(=O)(=O)N1CCC(CCO)C1. The average molecular weight is 285 g/mol. The summed E-state index contributed by atoms with van der Waals surface area (Å²) in [5, 5.41) is 8.93. The Labute approximate surface area is 113 Å². The van der Waals surface area contributed by atoms with Crippen LogP contribution in [0.1, 0.15) is 12.8 Å². The van der Waals surface area contributed by atoms with E-state index in [1.54, 1.807) is 24.3 Å². The monoisotopic (exact) mass is 285 g/mol. The van der Waals surface area contributed by atoms with Gasteiger partial charge in [0.05, 0.1) is 7.11 Å². The van der Waals surface area contributed by atoms with Gasteiger partial charge in [0.25, 0.3) is 0 Å². The molecule has 1 aromatic rings. The van der Waals surface area contributed by atoms with Crippen LogP contribution < -0.4 is 4.74 Å². The number of sulfonamides is 1. The molecule has 0 saturated carbocycles. The summed E-state index contributed by atoms with van der Waals surface area (Å²) in [7, 11) is -2.04. The number of hydrogen-bond donors (Lipinski definition) is 1. The maximum Gasteiger partial charge on any atom is 0.246 e. The zero-order valence-electron chi connectivity index (χ0n) is 10.9. The van der Waals surface area contributed by atoms with Crippen molar-refractivity contribution in [2.75, 3.05) is 26.8 Å². The van der Waals surface area contributed by atoms with Gasteiger partial charge in [-0.25, -0.2) is 8.42 Å². The van der Waals surface area contributed by atoms with Crippen LogP contribution in [-0.4, -0.2) is 44.6 Å². The Morgan fingerprint density at radius 2 is 2.16 bits per heavy atom. The number of benzene rings is 1. The fourth-order valence-corrected chi connectivity index (χ4v) is 4.09. The molecule has 19 heavy (non-hydrogen) atoms. The van der Waals surface area contributed by atoms with Gasteiger partial charge in [-0.3, -0.25) is 0 Å². The molecule has 0 aliphatic carbocycles. The molecule has 1 aliphatic rings. The summed E-state index contributed by atoms with van der Waals surface area (Å²) in [6, 6.07) is 6.65. The molecule has 2 rings (SSSR count). The smallest absolute Gasteiger partial charge is 0.246 e. The summed E-state index contributed by atoms with van der Waals surface area (Å²) in [4.78, 5) is 0.210. The third-order valence-electron chi connectivity index (χ3n) is 3.47. The van der Waals surface area contributed by atoms with Crippen LogP contribution in [0.5, 0.6) is 5.75 Å². The highest BCUT2D eigenvalue weighted by atomic mass is 32.2. The third-order valence-corrected chi connectivity index (χ3v) is 5.38. The lowest BCUT2D eigenvalue weighted by molar-refractivity contribution is 0.259. The van der Waals surface area contributed by atoms with Crippen LogP contribution in [0.2, 0.25) is 0 Å². The van der Waals surface area contributed by atoms with Gasteiger partial charge in [0, 0.05) is 19.7 Å². The molecule has 1 heterocycles. The molecule has 1 aliphatic heterocycles. The maximum absolute atomic E-state index is 12.5. The molecule has 0 aromatic heterocycles. The second-order valence-electron chi connectivity index (χ2n) is 4.68. The molecular formula is C13H19NO4S. The number of hydrogen-bond acceptors (Lipinski definition) is 4. The van der Waals surface area contributed by atoms with Crippen molar-refractivity contribution >= 4 is 10.0 Å². The lowest BCUT2D eigenvalue weighted by Gasteiger charge is -2.18. The van der Waals surface area contributed by atoms with Crippen LogP contribution in [-0.2, 0) is 10.0 Å². The van der Waals surface area contributed by atoms with Crippen molar-refractivity contribution in [2.45, 2.75) is 17.7 Å². The molecule has 1 unspecified atom stereocenters. The standard InChI is InChI=1S/C13H19NO4S/c1-18-12-4-2-3-5-13(12)19(16,17)14-8-6-11(10-14)7-9-15/h2-5,11,15H,6-10H2,1H3. The van der Waals surface area contributed by atoms with Gasteiger partial charge in [0.1, 0.15) is 10.6 Å². The fraction of sp³-hybridized carbons (Fsp3) is 0.538. The number of aliphatic hydroxyl groups is 1. The summed E-state index contributed by atoms with van der Waals surface area (Å²) in [5.74, 6) is 0.614. The van der Waals surface area contributed by atoms with Crippen LogP contribution in [0, 0.1) is 5.92 Å². The molecule has 1 aromatic carbocycles. The number of aliphatic hydroxyl groups excluding tert-OH is 1. The van der Waals surface area contributed by atoms with E-state index in [9.17, 15) is 8.42 Å². The van der Waals surface area contributed by atoms with Crippen molar-refractivity contribution < 1.29 is 18.3 Å². The van der Waals surface area contributed by atoms with Crippen molar-refractivity contribution in [3.63, 3.8) is 0 Å². The minimum Gasteiger partial charge on any atom is -0.495 e. The largest absolute Gasteiger partial charge is 0.495 e. The van der Waals surface area contributed by atoms with E-state index in [4.69, 9.17) is 9.84 Å². The van der Waals surface area contributed by atoms with E-state index in [0.29, 0.717) is 25.3 Å². The van der Waals surface area contributed by atoms with Crippen molar-refractivity contribution in [3.8, 4) is 5.75 Å². The molecular weight excluding hydrogens is 266 g/mol. The van der Waals surface area contributed by atoms with E-state index in [-0.39, 0.29) is 17.4 Å². The van der Waals surface area contributed by atoms with Gasteiger partial charge in [-0.15, -0.1) is 0 Å². The zero-order valence-corrected chi connectivity index (χ0v) is 11.8. The summed E-state index contributed by atoms with van der Waals surface area (Å²) >= 11 is 0. The summed E-state index contributed by atoms with van der Waals surface area (Å²) in [5.41, 5.74) is 0. The molecule has 0 spiro atoms. The van der Waals surface area contributed by atoms with E-state index in [1.165, 1.54) is 11.4 Å². The van der Waals surface area contributed by atoms with Crippen LogP contribution >= 0.6 is 0 Å². The normalized spacial score (nSPS) is 20.6. The Morgan fingerprint density at radius 1 is 1.42 bits per heavy atom. The van der Waals surface area contributed by atoms with Crippen LogP contribution in [0.4, 0.5) is 0 Å². The highest BCUT2D eigenvalue weighted by molar-refractivity contribution is 7.89. The van der Waals surface area contributed by atoms with Gasteiger partial charge in [-0.1, -0.05) is 12.1 Å². The summed E-state index contributed by atoms with van der Waals surface area (Å²) < 4.78 is 31.7. The van der Waals surface area contributed by atoms with Gasteiger partial charge >= 0.3 is 0 Å². The Morgan fingerprint density at radius 3 is 2.84 bits per heavy atom. The molecule has 1 atom stereocenters. The first-order valence-electron chi connectivity index (χ1n) is 6.33. The Balaban J connectivity index is 2.24. The highest BCUT2D eigenvalue weighted by Crippen LogP contribution is 2.30.